The van der Waals surface area contributed by atoms with Crippen molar-refractivity contribution in [2.75, 3.05) is 0 Å². The van der Waals surface area contributed by atoms with Crippen molar-refractivity contribution in [2.45, 2.75) is 32.0 Å². The smallest absolute Gasteiger partial charge is 0.241 e. The molecule has 118 valence electrons. The summed E-state index contributed by atoms with van der Waals surface area (Å²) in [6.45, 7) is 1.63. The van der Waals surface area contributed by atoms with E-state index in [-0.39, 0.29) is 0 Å². The summed E-state index contributed by atoms with van der Waals surface area (Å²) in [4.78, 5) is 8.00. The van der Waals surface area contributed by atoms with Gasteiger partial charge >= 0.3 is 0 Å². The van der Waals surface area contributed by atoms with E-state index in [0.29, 0.717) is 24.3 Å². The number of nitrogens with zero attached hydrogens (tertiary/aromatic N) is 3. The van der Waals surface area contributed by atoms with Gasteiger partial charge in [0.1, 0.15) is 0 Å². The molecule has 1 aromatic carbocycles. The largest absolute Gasteiger partial charge is 0.338 e. The van der Waals surface area contributed by atoms with E-state index < -0.39 is 0 Å². The normalized spacial score (nSPS) is 14.5. The zero-order valence-electron chi connectivity index (χ0n) is 12.5. The Balaban J connectivity index is 1.48. The van der Waals surface area contributed by atoms with E-state index in [1.807, 2.05) is 11.4 Å². The quantitative estimate of drug-likeness (QED) is 0.611. The molecule has 1 saturated carbocycles. The van der Waals surface area contributed by atoms with Gasteiger partial charge in [-0.15, -0.1) is 11.3 Å². The number of benzene rings is 1. The zero-order chi connectivity index (χ0) is 15.6. The fourth-order valence-corrected chi connectivity index (χ4v) is 3.95. The second kappa shape index (κ2) is 6.55. The molecule has 3 aromatic rings. The zero-order valence-corrected chi connectivity index (χ0v) is 14.9. The minimum absolute atomic E-state index is 0.640. The van der Waals surface area contributed by atoms with E-state index in [9.17, 15) is 0 Å². The highest BCUT2D eigenvalue weighted by molar-refractivity contribution is 9.10. The number of hydrogen-bond acceptors (Lipinski definition) is 5. The van der Waals surface area contributed by atoms with Gasteiger partial charge in [-0.1, -0.05) is 35.5 Å². The van der Waals surface area contributed by atoms with Crippen molar-refractivity contribution in [3.05, 3.63) is 57.7 Å². The first kappa shape index (κ1) is 15.1. The van der Waals surface area contributed by atoms with Crippen LogP contribution < -0.4 is 0 Å². The van der Waals surface area contributed by atoms with Crippen molar-refractivity contribution in [3.8, 4) is 10.7 Å². The van der Waals surface area contributed by atoms with Crippen molar-refractivity contribution in [1.82, 2.24) is 15.0 Å². The Morgan fingerprint density at radius 2 is 2.04 bits per heavy atom. The van der Waals surface area contributed by atoms with Crippen LogP contribution in [0.2, 0.25) is 0 Å². The predicted octanol–water partition coefficient (Wildman–Crippen LogP) is 4.73. The Bertz CT molecular complexity index is 782. The van der Waals surface area contributed by atoms with Crippen LogP contribution in [0, 0.1) is 0 Å². The molecule has 0 aliphatic heterocycles. The average molecular weight is 390 g/mol. The first-order valence-corrected chi connectivity index (χ1v) is 9.30. The SMILES string of the molecule is Brc1csc(-c2noc(CN(Cc3ccccc3)C3CC3)n2)c1. The summed E-state index contributed by atoms with van der Waals surface area (Å²) < 4.78 is 6.51. The van der Waals surface area contributed by atoms with Crippen LogP contribution >= 0.6 is 27.3 Å². The Labute approximate surface area is 147 Å². The number of halogens is 1. The average Bonchev–Trinajstić information content (AvgIpc) is 3.16. The van der Waals surface area contributed by atoms with E-state index in [2.05, 4.69) is 61.3 Å². The second-order valence-electron chi connectivity index (χ2n) is 5.76. The van der Waals surface area contributed by atoms with E-state index in [0.717, 1.165) is 15.9 Å². The predicted molar refractivity (Wildman–Crippen MR) is 94.0 cm³/mol. The van der Waals surface area contributed by atoms with Crippen LogP contribution in [-0.4, -0.2) is 21.1 Å². The van der Waals surface area contributed by atoms with Crippen LogP contribution in [0.5, 0.6) is 0 Å². The Morgan fingerprint density at radius 3 is 2.74 bits per heavy atom. The van der Waals surface area contributed by atoms with Gasteiger partial charge in [0.25, 0.3) is 0 Å². The van der Waals surface area contributed by atoms with E-state index >= 15 is 0 Å². The molecule has 0 unspecified atom stereocenters. The number of thiophene rings is 1. The first-order valence-electron chi connectivity index (χ1n) is 7.63. The molecule has 2 heterocycles. The Morgan fingerprint density at radius 1 is 1.22 bits per heavy atom. The van der Waals surface area contributed by atoms with Gasteiger partial charge in [-0.2, -0.15) is 4.98 Å². The fourth-order valence-electron chi connectivity index (χ4n) is 2.59. The molecule has 0 N–H and O–H groups in total. The third kappa shape index (κ3) is 3.71. The third-order valence-corrected chi connectivity index (χ3v) is 5.57. The molecule has 0 atom stereocenters. The molecule has 4 rings (SSSR count). The van der Waals surface area contributed by atoms with Gasteiger partial charge in [-0.25, -0.2) is 0 Å². The lowest BCUT2D eigenvalue weighted by Gasteiger charge is -2.19. The van der Waals surface area contributed by atoms with Crippen molar-refractivity contribution >= 4 is 27.3 Å². The van der Waals surface area contributed by atoms with Crippen LogP contribution in [0.15, 0.2) is 50.8 Å². The summed E-state index contributed by atoms with van der Waals surface area (Å²) in [5.41, 5.74) is 1.32. The van der Waals surface area contributed by atoms with Crippen molar-refractivity contribution in [3.63, 3.8) is 0 Å². The molecule has 1 aliphatic carbocycles. The monoisotopic (exact) mass is 389 g/mol. The molecule has 0 amide bonds. The van der Waals surface area contributed by atoms with Crippen LogP contribution in [-0.2, 0) is 13.1 Å². The van der Waals surface area contributed by atoms with Gasteiger partial charge in [0, 0.05) is 22.4 Å². The molecule has 0 radical (unpaired) electrons. The lowest BCUT2D eigenvalue weighted by Crippen LogP contribution is -2.25. The van der Waals surface area contributed by atoms with E-state index in [1.165, 1.54) is 18.4 Å². The molecule has 2 aromatic heterocycles. The second-order valence-corrected chi connectivity index (χ2v) is 7.59. The summed E-state index contributed by atoms with van der Waals surface area (Å²) in [5.74, 6) is 1.36. The molecule has 0 spiro atoms. The molecule has 0 bridgehead atoms. The molecule has 6 heteroatoms. The highest BCUT2D eigenvalue weighted by Crippen LogP contribution is 2.31. The minimum atomic E-state index is 0.640. The molecular formula is C17H16BrN3OS. The highest BCUT2D eigenvalue weighted by Gasteiger charge is 2.30. The molecule has 4 nitrogen and oxygen atoms in total. The van der Waals surface area contributed by atoms with Crippen molar-refractivity contribution < 1.29 is 4.52 Å². The van der Waals surface area contributed by atoms with E-state index in [1.54, 1.807) is 11.3 Å². The van der Waals surface area contributed by atoms with Crippen LogP contribution in [0.3, 0.4) is 0 Å². The van der Waals surface area contributed by atoms with E-state index in [4.69, 9.17) is 4.52 Å². The highest BCUT2D eigenvalue weighted by atomic mass is 79.9. The first-order chi connectivity index (χ1) is 11.3. The maximum atomic E-state index is 5.46. The van der Waals surface area contributed by atoms with Gasteiger partial charge in [0.2, 0.25) is 11.7 Å². The topological polar surface area (TPSA) is 42.2 Å². The molecule has 23 heavy (non-hydrogen) atoms. The Hall–Kier alpha value is -1.50. The maximum Gasteiger partial charge on any atom is 0.241 e. The molecule has 1 aliphatic rings. The standard InChI is InChI=1S/C17H16BrN3OS/c18-13-8-15(23-11-13)17-19-16(22-20-17)10-21(14-6-7-14)9-12-4-2-1-3-5-12/h1-5,8,11,14H,6-7,9-10H2. The van der Waals surface area contributed by atoms with Crippen LogP contribution in [0.25, 0.3) is 10.7 Å². The van der Waals surface area contributed by atoms with Crippen molar-refractivity contribution in [2.24, 2.45) is 0 Å². The number of hydrogen-bond donors (Lipinski definition) is 0. The molecular weight excluding hydrogens is 374 g/mol. The van der Waals surface area contributed by atoms with Crippen LogP contribution in [0.4, 0.5) is 0 Å². The number of rotatable bonds is 6. The fraction of sp³-hybridized carbons (Fsp3) is 0.294. The molecule has 0 saturated heterocycles. The lowest BCUT2D eigenvalue weighted by atomic mass is 10.2. The summed E-state index contributed by atoms with van der Waals surface area (Å²) >= 11 is 5.07. The number of aromatic nitrogens is 2. The van der Waals surface area contributed by atoms with Gasteiger partial charge < -0.3 is 4.52 Å². The Kier molecular flexibility index (Phi) is 4.29. The lowest BCUT2D eigenvalue weighted by molar-refractivity contribution is 0.209. The van der Waals surface area contributed by atoms with Gasteiger partial charge in [0.15, 0.2) is 0 Å². The van der Waals surface area contributed by atoms with Crippen LogP contribution in [0.1, 0.15) is 24.3 Å². The third-order valence-electron chi connectivity index (χ3n) is 3.89. The summed E-state index contributed by atoms with van der Waals surface area (Å²) in [5, 5.41) is 6.14. The van der Waals surface area contributed by atoms with Crippen molar-refractivity contribution in [1.29, 1.82) is 0 Å². The summed E-state index contributed by atoms with van der Waals surface area (Å²) in [6.07, 6.45) is 2.51. The maximum absolute atomic E-state index is 5.46. The summed E-state index contributed by atoms with van der Waals surface area (Å²) in [7, 11) is 0. The molecule has 1 fully saturated rings. The summed E-state index contributed by atoms with van der Waals surface area (Å²) in [6, 6.07) is 13.2. The van der Waals surface area contributed by atoms with Gasteiger partial charge in [-0.3, -0.25) is 4.90 Å². The minimum Gasteiger partial charge on any atom is -0.338 e. The van der Waals surface area contributed by atoms with Gasteiger partial charge in [-0.05, 0) is 40.4 Å². The van der Waals surface area contributed by atoms with Gasteiger partial charge in [0.05, 0.1) is 11.4 Å².